The van der Waals surface area contributed by atoms with Crippen LogP contribution in [0, 0.1) is 0 Å². The molecule has 0 rings (SSSR count). The minimum atomic E-state index is -3.66. The van der Waals surface area contributed by atoms with Crippen LogP contribution in [-0.2, 0) is 103 Å². The molecule has 0 aromatic heterocycles. The van der Waals surface area contributed by atoms with Crippen LogP contribution in [0.1, 0.15) is 184 Å². The normalized spacial score (nSPS) is 15.6. The molecule has 4 unspecified atom stereocenters. The minimum absolute atomic E-state index is 0. The van der Waals surface area contributed by atoms with Gasteiger partial charge in [0.2, 0.25) is 0 Å². The van der Waals surface area contributed by atoms with Crippen LogP contribution in [0.3, 0.4) is 0 Å². The van der Waals surface area contributed by atoms with Crippen molar-refractivity contribution in [3.05, 3.63) is 0 Å². The summed E-state index contributed by atoms with van der Waals surface area (Å²) in [5.41, 5.74) is -7.31. The molecule has 260 valence electrons. The van der Waals surface area contributed by atoms with Crippen LogP contribution in [0.2, 0.25) is 0 Å². The molecule has 0 saturated carbocycles. The van der Waals surface area contributed by atoms with Gasteiger partial charge in [-0.15, -0.1) is 0 Å². The smallest absolute Gasteiger partial charge is 0.854 e. The monoisotopic (exact) mass is 898 g/mol. The SMILES string of the molecule is CCCCCC(CC)S(C(CC)CCCCC)=P([O-])([O-])[S-].CCCCCC(CC)S(C(CC)CCCCC)=P([O-])([O-])[S-].[Zn+2].[Zn+2].[Zn+2]. The summed E-state index contributed by atoms with van der Waals surface area (Å²) in [4.78, 5) is 49.0. The zero-order valence-electron chi connectivity index (χ0n) is 30.7. The average Bonchev–Trinajstić information content (AvgIpc) is 2.93. The maximum Gasteiger partial charge on any atom is 2.00 e. The molecular formula is C32H68O4P2S4Zn3. The summed E-state index contributed by atoms with van der Waals surface area (Å²) in [5.74, 6) is 0. The van der Waals surface area contributed by atoms with Crippen LogP contribution in [0.5, 0.6) is 0 Å². The van der Waals surface area contributed by atoms with E-state index in [1.807, 2.05) is 0 Å². The third-order valence-corrected chi connectivity index (χ3v) is 24.0. The topological polar surface area (TPSA) is 92.2 Å². The second-order valence-electron chi connectivity index (χ2n) is 11.7. The van der Waals surface area contributed by atoms with Gasteiger partial charge in [-0.3, -0.25) is 0 Å². The Morgan fingerprint density at radius 1 is 0.400 bits per heavy atom. The van der Waals surface area contributed by atoms with Crippen molar-refractivity contribution in [2.45, 2.75) is 205 Å². The van der Waals surface area contributed by atoms with Gasteiger partial charge in [0.1, 0.15) is 0 Å². The molecule has 0 aromatic rings. The zero-order chi connectivity index (χ0) is 32.6. The number of unbranched alkanes of at least 4 members (excludes halogenated alkanes) is 8. The van der Waals surface area contributed by atoms with E-state index in [1.54, 1.807) is 0 Å². The van der Waals surface area contributed by atoms with Crippen molar-refractivity contribution in [2.24, 2.45) is 0 Å². The molecule has 4 nitrogen and oxygen atoms in total. The van der Waals surface area contributed by atoms with Gasteiger partial charge in [-0.25, -0.2) is 20.1 Å². The third-order valence-electron chi connectivity index (χ3n) is 8.22. The summed E-state index contributed by atoms with van der Waals surface area (Å²) in [5, 5.41) is 1.13. The summed E-state index contributed by atoms with van der Waals surface area (Å²) in [6.45, 7) is 17.2. The van der Waals surface area contributed by atoms with Crippen LogP contribution in [0.4, 0.5) is 0 Å². The van der Waals surface area contributed by atoms with E-state index < -0.39 is 31.5 Å². The van der Waals surface area contributed by atoms with Gasteiger partial charge in [0.05, 0.1) is 0 Å². The second-order valence-corrected chi connectivity index (χ2v) is 27.2. The first-order valence-electron chi connectivity index (χ1n) is 17.3. The standard InChI is InChI=1S/2C16H34O2PS2.3Zn/c2*1-5-9-11-13-15(7-3)21(19(17,18)20)16(8-4)14-12-10-6-2;;;/h2*15-16H,5-14H2,1-4H3;;;/q2*-3;3*+2. The summed E-state index contributed by atoms with van der Waals surface area (Å²) in [6, 6.07) is 0. The van der Waals surface area contributed by atoms with E-state index in [9.17, 15) is 19.6 Å². The minimum Gasteiger partial charge on any atom is -0.854 e. The molecule has 13 heteroatoms. The molecule has 0 aliphatic rings. The predicted molar refractivity (Wildman–Crippen MR) is 196 cm³/mol. The Hall–Kier alpha value is 3.97. The molecule has 0 saturated heterocycles. The van der Waals surface area contributed by atoms with Crippen LogP contribution >= 0.6 is 11.4 Å². The van der Waals surface area contributed by atoms with Crippen molar-refractivity contribution in [1.29, 1.82) is 0 Å². The van der Waals surface area contributed by atoms with Crippen molar-refractivity contribution < 1.29 is 78.0 Å². The van der Waals surface area contributed by atoms with Crippen molar-refractivity contribution in [3.8, 4) is 0 Å². The molecule has 0 bridgehead atoms. The van der Waals surface area contributed by atoms with Gasteiger partial charge < -0.3 is 55.5 Å². The maximum absolute atomic E-state index is 12.3. The number of rotatable bonds is 24. The van der Waals surface area contributed by atoms with Gasteiger partial charge in [-0.1, -0.05) is 132 Å². The van der Waals surface area contributed by atoms with Gasteiger partial charge in [0, 0.05) is 0 Å². The summed E-state index contributed by atoms with van der Waals surface area (Å²) in [7, 11) is -1.22. The van der Waals surface area contributed by atoms with Crippen LogP contribution in [0.25, 0.3) is 0 Å². The van der Waals surface area contributed by atoms with Crippen molar-refractivity contribution >= 4 is 56.0 Å². The van der Waals surface area contributed by atoms with Crippen LogP contribution in [-0.4, -0.2) is 21.0 Å². The first-order valence-corrected chi connectivity index (χ1v) is 26.5. The molecule has 0 fully saturated rings. The fourth-order valence-corrected chi connectivity index (χ4v) is 23.1. The number of hydrogen-bond acceptors (Lipinski definition) is 6. The molecule has 4 atom stereocenters. The quantitative estimate of drug-likeness (QED) is 0.0418. The Morgan fingerprint density at radius 2 is 0.578 bits per heavy atom. The zero-order valence-corrected chi connectivity index (χ0v) is 44.7. The van der Waals surface area contributed by atoms with E-state index in [0.29, 0.717) is 0 Å². The third kappa shape index (κ3) is 28.2. The Kier molecular flexibility index (Phi) is 47.1. The second kappa shape index (κ2) is 36.3. The molecule has 0 N–H and O–H groups in total. The van der Waals surface area contributed by atoms with E-state index in [2.05, 4.69) is 55.4 Å². The van der Waals surface area contributed by atoms with Crippen LogP contribution < -0.4 is 19.6 Å². The molecule has 0 radical (unpaired) electrons. The fraction of sp³-hybridized carbons (Fsp3) is 1.00. The van der Waals surface area contributed by atoms with E-state index in [4.69, 9.17) is 24.5 Å². The molecule has 0 heterocycles. The van der Waals surface area contributed by atoms with Crippen molar-refractivity contribution in [3.63, 3.8) is 0 Å². The number of hydrogen-bond donors (Lipinski definition) is 0. The van der Waals surface area contributed by atoms with E-state index >= 15 is 0 Å². The van der Waals surface area contributed by atoms with Gasteiger partial charge in [-0.2, -0.15) is 0 Å². The van der Waals surface area contributed by atoms with Gasteiger partial charge in [0.25, 0.3) is 0 Å². The van der Waals surface area contributed by atoms with Crippen LogP contribution in [0.15, 0.2) is 0 Å². The molecule has 0 aliphatic heterocycles. The fourth-order valence-electron chi connectivity index (χ4n) is 5.75. The van der Waals surface area contributed by atoms with Gasteiger partial charge in [-0.05, 0) is 72.4 Å². The average molecular weight is 903 g/mol. The van der Waals surface area contributed by atoms with E-state index in [0.717, 1.165) is 77.0 Å². The summed E-state index contributed by atoms with van der Waals surface area (Å²) in [6.07, 6.45) is 22.0. The first-order chi connectivity index (χ1) is 19.8. The molecular weight excluding hydrogens is 835 g/mol. The largest absolute Gasteiger partial charge is 2.00 e. The first kappa shape index (κ1) is 58.3. The molecule has 0 aromatic carbocycles. The Labute approximate surface area is 335 Å². The maximum atomic E-state index is 12.3. The van der Waals surface area contributed by atoms with Crippen molar-refractivity contribution in [2.75, 3.05) is 0 Å². The van der Waals surface area contributed by atoms with E-state index in [-0.39, 0.29) is 79.4 Å². The molecule has 0 aliphatic carbocycles. The molecule has 0 spiro atoms. The summed E-state index contributed by atoms with van der Waals surface area (Å²) >= 11 is 9.92. The Bertz CT molecular complexity index is 652. The van der Waals surface area contributed by atoms with Gasteiger partial charge >= 0.3 is 58.4 Å². The molecule has 0 amide bonds. The summed E-state index contributed by atoms with van der Waals surface area (Å²) < 4.78 is 0. The van der Waals surface area contributed by atoms with E-state index in [1.165, 1.54) is 51.4 Å². The van der Waals surface area contributed by atoms with Gasteiger partial charge in [0.15, 0.2) is 0 Å². The molecule has 45 heavy (non-hydrogen) atoms. The van der Waals surface area contributed by atoms with Crippen molar-refractivity contribution in [1.82, 2.24) is 0 Å². The Morgan fingerprint density at radius 3 is 0.689 bits per heavy atom. The Balaban J connectivity index is -0.000000222. The predicted octanol–water partition coefficient (Wildman–Crippen LogP) is 8.53.